The van der Waals surface area contributed by atoms with Crippen LogP contribution in [-0.2, 0) is 5.41 Å². The van der Waals surface area contributed by atoms with Gasteiger partial charge in [-0.3, -0.25) is 0 Å². The lowest BCUT2D eigenvalue weighted by Crippen LogP contribution is -2.29. The number of rotatable bonds is 3. The third-order valence-corrected chi connectivity index (χ3v) is 2.78. The molecule has 1 N–H and O–H groups in total. The molecule has 0 aliphatic heterocycles. The second-order valence-electron chi connectivity index (χ2n) is 5.40. The lowest BCUT2D eigenvalue weighted by molar-refractivity contribution is -0.155. The zero-order valence-electron chi connectivity index (χ0n) is 11.2. The maximum Gasteiger partial charge on any atom is 0.406 e. The maximum atomic E-state index is 12.5. The summed E-state index contributed by atoms with van der Waals surface area (Å²) in [4.78, 5) is 0. The van der Waals surface area contributed by atoms with Gasteiger partial charge in [0, 0.05) is 12.2 Å². The molecule has 1 aromatic carbocycles. The Labute approximate surface area is 111 Å². The third-order valence-electron chi connectivity index (χ3n) is 2.78. The van der Waals surface area contributed by atoms with Crippen LogP contribution in [0.25, 0.3) is 0 Å². The molecule has 0 fully saturated rings. The molecule has 1 rings (SSSR count). The molecule has 1 aromatic rings. The Bertz CT molecular complexity index is 467. The second kappa shape index (κ2) is 5.52. The van der Waals surface area contributed by atoms with Gasteiger partial charge in [-0.25, -0.2) is 0 Å². The summed E-state index contributed by atoms with van der Waals surface area (Å²) in [6.45, 7) is 5.52. The van der Waals surface area contributed by atoms with Crippen molar-refractivity contribution < 1.29 is 13.2 Å². The predicted octanol–water partition coefficient (Wildman–Crippen LogP) is 4.10. The average molecular weight is 270 g/mol. The molecule has 0 aromatic heterocycles. The van der Waals surface area contributed by atoms with Crippen LogP contribution >= 0.6 is 0 Å². The summed E-state index contributed by atoms with van der Waals surface area (Å²) in [6.07, 6.45) is -4.50. The van der Waals surface area contributed by atoms with E-state index < -0.39 is 18.6 Å². The molecule has 0 saturated heterocycles. The monoisotopic (exact) mass is 270 g/mol. The van der Waals surface area contributed by atoms with Gasteiger partial charge in [-0.15, -0.1) is 0 Å². The van der Waals surface area contributed by atoms with Crippen LogP contribution in [0.1, 0.15) is 26.3 Å². The van der Waals surface area contributed by atoms with E-state index in [1.165, 1.54) is 6.07 Å². The van der Waals surface area contributed by atoms with Crippen LogP contribution in [0.3, 0.4) is 0 Å². The van der Waals surface area contributed by atoms with E-state index in [0.717, 1.165) is 5.56 Å². The normalized spacial score (nSPS) is 13.7. The number of anilines is 1. The number of hydrogen-bond acceptors (Lipinski definition) is 2. The van der Waals surface area contributed by atoms with Crippen LogP contribution < -0.4 is 5.32 Å². The molecule has 0 heterocycles. The van der Waals surface area contributed by atoms with Gasteiger partial charge in [-0.2, -0.15) is 18.4 Å². The zero-order chi connectivity index (χ0) is 14.7. The minimum atomic E-state index is -4.50. The molecule has 0 amide bonds. The van der Waals surface area contributed by atoms with Crippen molar-refractivity contribution in [3.8, 4) is 6.07 Å². The van der Waals surface area contributed by atoms with Gasteiger partial charge in [0.25, 0.3) is 0 Å². The SMILES string of the molecule is CC(C)(C)c1ccccc1NCC(C#N)C(F)(F)F. The summed E-state index contributed by atoms with van der Waals surface area (Å²) in [6, 6.07) is 8.48. The number of nitrogens with zero attached hydrogens (tertiary/aromatic N) is 1. The summed E-state index contributed by atoms with van der Waals surface area (Å²) < 4.78 is 37.5. The minimum Gasteiger partial charge on any atom is -0.383 e. The molecule has 0 aliphatic carbocycles. The van der Waals surface area contributed by atoms with Crippen LogP contribution in [-0.4, -0.2) is 12.7 Å². The van der Waals surface area contributed by atoms with Crippen LogP contribution in [0, 0.1) is 17.2 Å². The molecular weight excluding hydrogens is 253 g/mol. The first-order chi connectivity index (χ1) is 8.66. The Balaban J connectivity index is 2.88. The highest BCUT2D eigenvalue weighted by Gasteiger charge is 2.39. The molecular formula is C14H17F3N2. The van der Waals surface area contributed by atoms with Gasteiger partial charge < -0.3 is 5.32 Å². The number of nitrogens with one attached hydrogen (secondary N) is 1. The van der Waals surface area contributed by atoms with Gasteiger partial charge in [0.05, 0.1) is 6.07 Å². The third kappa shape index (κ3) is 4.16. The van der Waals surface area contributed by atoms with Gasteiger partial charge in [0.15, 0.2) is 5.92 Å². The maximum absolute atomic E-state index is 12.5. The molecule has 1 unspecified atom stereocenters. The molecule has 0 spiro atoms. The van der Waals surface area contributed by atoms with E-state index in [1.807, 2.05) is 32.9 Å². The van der Waals surface area contributed by atoms with Crippen molar-refractivity contribution in [3.63, 3.8) is 0 Å². The summed E-state index contributed by atoms with van der Waals surface area (Å²) >= 11 is 0. The second-order valence-corrected chi connectivity index (χ2v) is 5.40. The first-order valence-corrected chi connectivity index (χ1v) is 5.96. The van der Waals surface area contributed by atoms with E-state index in [-0.39, 0.29) is 5.41 Å². The fraction of sp³-hybridized carbons (Fsp3) is 0.500. The van der Waals surface area contributed by atoms with Gasteiger partial charge in [-0.1, -0.05) is 39.0 Å². The van der Waals surface area contributed by atoms with E-state index in [1.54, 1.807) is 12.1 Å². The molecule has 104 valence electrons. The number of nitriles is 1. The number of hydrogen-bond donors (Lipinski definition) is 1. The lowest BCUT2D eigenvalue weighted by Gasteiger charge is -2.24. The molecule has 19 heavy (non-hydrogen) atoms. The summed E-state index contributed by atoms with van der Waals surface area (Å²) in [7, 11) is 0. The van der Waals surface area contributed by atoms with Gasteiger partial charge in [-0.05, 0) is 17.0 Å². The van der Waals surface area contributed by atoms with Crippen molar-refractivity contribution in [1.82, 2.24) is 0 Å². The van der Waals surface area contributed by atoms with E-state index in [2.05, 4.69) is 5.32 Å². The molecule has 5 heteroatoms. The molecule has 0 bridgehead atoms. The van der Waals surface area contributed by atoms with Crippen molar-refractivity contribution in [3.05, 3.63) is 29.8 Å². The summed E-state index contributed by atoms with van der Waals surface area (Å²) in [5.74, 6) is -2.00. The number of para-hydroxylation sites is 1. The Morgan fingerprint density at radius 1 is 1.21 bits per heavy atom. The smallest absolute Gasteiger partial charge is 0.383 e. The van der Waals surface area contributed by atoms with E-state index >= 15 is 0 Å². The van der Waals surface area contributed by atoms with E-state index in [4.69, 9.17) is 5.26 Å². The fourth-order valence-electron chi connectivity index (χ4n) is 1.74. The standard InChI is InChI=1S/C14H17F3N2/c1-13(2,3)11-6-4-5-7-12(11)19-9-10(8-18)14(15,16)17/h4-7,10,19H,9H2,1-3H3. The zero-order valence-corrected chi connectivity index (χ0v) is 11.2. The Hall–Kier alpha value is -1.70. The van der Waals surface area contributed by atoms with Crippen molar-refractivity contribution in [2.24, 2.45) is 5.92 Å². The van der Waals surface area contributed by atoms with Gasteiger partial charge in [0.2, 0.25) is 0 Å². The number of alkyl halides is 3. The minimum absolute atomic E-state index is 0.177. The van der Waals surface area contributed by atoms with Crippen molar-refractivity contribution >= 4 is 5.69 Å². The quantitative estimate of drug-likeness (QED) is 0.897. The largest absolute Gasteiger partial charge is 0.406 e. The number of halogens is 3. The fourth-order valence-corrected chi connectivity index (χ4v) is 1.74. The summed E-state index contributed by atoms with van der Waals surface area (Å²) in [5.41, 5.74) is 1.39. The molecule has 0 radical (unpaired) electrons. The van der Waals surface area contributed by atoms with Crippen molar-refractivity contribution in [2.75, 3.05) is 11.9 Å². The Morgan fingerprint density at radius 2 is 1.79 bits per heavy atom. The molecule has 1 atom stereocenters. The molecule has 2 nitrogen and oxygen atoms in total. The Morgan fingerprint density at radius 3 is 2.26 bits per heavy atom. The highest BCUT2D eigenvalue weighted by Crippen LogP contribution is 2.31. The number of benzene rings is 1. The molecule has 0 aliphatic rings. The van der Waals surface area contributed by atoms with Crippen LogP contribution in [0.4, 0.5) is 18.9 Å². The first kappa shape index (κ1) is 15.4. The topological polar surface area (TPSA) is 35.8 Å². The van der Waals surface area contributed by atoms with Crippen LogP contribution in [0.15, 0.2) is 24.3 Å². The van der Waals surface area contributed by atoms with Crippen molar-refractivity contribution in [1.29, 1.82) is 5.26 Å². The first-order valence-electron chi connectivity index (χ1n) is 5.96. The lowest BCUT2D eigenvalue weighted by atomic mass is 9.86. The van der Waals surface area contributed by atoms with Gasteiger partial charge >= 0.3 is 6.18 Å². The van der Waals surface area contributed by atoms with E-state index in [0.29, 0.717) is 5.69 Å². The van der Waals surface area contributed by atoms with Crippen molar-refractivity contribution in [2.45, 2.75) is 32.4 Å². The van der Waals surface area contributed by atoms with Gasteiger partial charge in [0.1, 0.15) is 0 Å². The highest BCUT2D eigenvalue weighted by molar-refractivity contribution is 5.54. The van der Waals surface area contributed by atoms with Crippen LogP contribution in [0.5, 0.6) is 0 Å². The van der Waals surface area contributed by atoms with Crippen LogP contribution in [0.2, 0.25) is 0 Å². The highest BCUT2D eigenvalue weighted by atomic mass is 19.4. The summed E-state index contributed by atoms with van der Waals surface area (Å²) in [5, 5.41) is 11.3. The average Bonchev–Trinajstić information content (AvgIpc) is 2.27. The molecule has 0 saturated carbocycles. The van der Waals surface area contributed by atoms with E-state index in [9.17, 15) is 13.2 Å². The predicted molar refractivity (Wildman–Crippen MR) is 68.8 cm³/mol. The Kier molecular flexibility index (Phi) is 4.46.